The Morgan fingerprint density at radius 2 is 2.03 bits per heavy atom. The van der Waals surface area contributed by atoms with Crippen molar-refractivity contribution in [3.63, 3.8) is 0 Å². The third kappa shape index (κ3) is 4.35. The zero-order valence-electron chi connectivity index (χ0n) is 15.8. The smallest absolute Gasteiger partial charge is 0.251 e. The topological polar surface area (TPSA) is 71.5 Å². The van der Waals surface area contributed by atoms with Crippen molar-refractivity contribution in [2.45, 2.75) is 13.5 Å². The van der Waals surface area contributed by atoms with Crippen LogP contribution in [0, 0.1) is 6.92 Å². The summed E-state index contributed by atoms with van der Waals surface area (Å²) in [7, 11) is 0. The van der Waals surface area contributed by atoms with E-state index in [1.54, 1.807) is 23.5 Å². The Hall–Kier alpha value is -3.45. The van der Waals surface area contributed by atoms with Crippen LogP contribution in [-0.4, -0.2) is 23.3 Å². The summed E-state index contributed by atoms with van der Waals surface area (Å²) in [5, 5.41) is 5.74. The molecule has 0 fully saturated rings. The second-order valence-corrected chi connectivity index (χ2v) is 7.57. The lowest BCUT2D eigenvalue weighted by Crippen LogP contribution is -2.41. The standard InChI is InChI=1S/C22H19N3O3S/c1-15-23-17(14-29-15)13-28-20-9-5-2-6-16(20)10-11-22(27)25-12-21(26)24-18-7-3-4-8-19(18)25/h2-11,14H,12-13H2,1H3,(H,24,26)/b11-10+. The van der Waals surface area contributed by atoms with E-state index >= 15 is 0 Å². The molecule has 0 spiro atoms. The highest BCUT2D eigenvalue weighted by molar-refractivity contribution is 7.09. The van der Waals surface area contributed by atoms with Crippen LogP contribution in [0.3, 0.4) is 0 Å². The van der Waals surface area contributed by atoms with Crippen LogP contribution in [0.2, 0.25) is 0 Å². The minimum atomic E-state index is -0.266. The summed E-state index contributed by atoms with van der Waals surface area (Å²) in [6.45, 7) is 2.31. The van der Waals surface area contributed by atoms with E-state index < -0.39 is 0 Å². The number of benzene rings is 2. The van der Waals surface area contributed by atoms with Gasteiger partial charge in [-0.2, -0.15) is 0 Å². The molecule has 4 rings (SSSR count). The van der Waals surface area contributed by atoms with E-state index in [2.05, 4.69) is 10.3 Å². The molecule has 0 unspecified atom stereocenters. The van der Waals surface area contributed by atoms with Gasteiger partial charge in [-0.3, -0.25) is 14.5 Å². The first-order chi connectivity index (χ1) is 14.1. The van der Waals surface area contributed by atoms with Gasteiger partial charge in [0.25, 0.3) is 5.91 Å². The number of anilines is 2. The zero-order chi connectivity index (χ0) is 20.2. The first-order valence-electron chi connectivity index (χ1n) is 9.11. The van der Waals surface area contributed by atoms with E-state index in [1.807, 2.05) is 54.8 Å². The Kier molecular flexibility index (Phi) is 5.39. The molecule has 1 aliphatic rings. The highest BCUT2D eigenvalue weighted by Gasteiger charge is 2.25. The summed E-state index contributed by atoms with van der Waals surface area (Å²) in [5.41, 5.74) is 2.97. The minimum absolute atomic E-state index is 0.0124. The Morgan fingerprint density at radius 3 is 2.86 bits per heavy atom. The lowest BCUT2D eigenvalue weighted by Gasteiger charge is -2.28. The maximum atomic E-state index is 12.8. The van der Waals surface area contributed by atoms with Crippen molar-refractivity contribution in [2.24, 2.45) is 0 Å². The fourth-order valence-electron chi connectivity index (χ4n) is 3.06. The molecule has 0 aliphatic carbocycles. The van der Waals surface area contributed by atoms with Gasteiger partial charge in [0, 0.05) is 17.0 Å². The number of thiazole rings is 1. The van der Waals surface area contributed by atoms with Crippen molar-refractivity contribution in [2.75, 3.05) is 16.8 Å². The molecule has 2 amide bonds. The van der Waals surface area contributed by atoms with Crippen molar-refractivity contribution in [1.29, 1.82) is 0 Å². The molecular formula is C22H19N3O3S. The van der Waals surface area contributed by atoms with Crippen LogP contribution in [0.15, 0.2) is 60.0 Å². The number of nitrogens with zero attached hydrogens (tertiary/aromatic N) is 2. The minimum Gasteiger partial charge on any atom is -0.487 e. The molecule has 1 aliphatic heterocycles. The lowest BCUT2D eigenvalue weighted by atomic mass is 10.1. The van der Waals surface area contributed by atoms with E-state index in [4.69, 9.17) is 4.74 Å². The van der Waals surface area contributed by atoms with Gasteiger partial charge in [-0.05, 0) is 31.2 Å². The van der Waals surface area contributed by atoms with Gasteiger partial charge >= 0.3 is 0 Å². The maximum absolute atomic E-state index is 12.8. The van der Waals surface area contributed by atoms with Crippen LogP contribution >= 0.6 is 11.3 Å². The normalized spacial score (nSPS) is 13.3. The molecule has 0 saturated carbocycles. The summed E-state index contributed by atoms with van der Waals surface area (Å²) in [5.74, 6) is 0.184. The molecule has 6 nitrogen and oxygen atoms in total. The summed E-state index contributed by atoms with van der Waals surface area (Å²) in [6.07, 6.45) is 3.17. The second kappa shape index (κ2) is 8.28. The number of amides is 2. The molecule has 0 bridgehead atoms. The monoisotopic (exact) mass is 405 g/mol. The highest BCUT2D eigenvalue weighted by Crippen LogP contribution is 2.29. The molecule has 29 heavy (non-hydrogen) atoms. The van der Waals surface area contributed by atoms with Gasteiger partial charge in [0.2, 0.25) is 5.91 Å². The van der Waals surface area contributed by atoms with Crippen molar-refractivity contribution in [3.05, 3.63) is 76.3 Å². The SMILES string of the molecule is Cc1nc(COc2ccccc2/C=C/C(=O)N2CC(=O)Nc3ccccc32)cs1. The number of para-hydroxylation sites is 3. The molecular weight excluding hydrogens is 386 g/mol. The molecule has 3 aromatic rings. The van der Waals surface area contributed by atoms with Gasteiger partial charge in [0.15, 0.2) is 0 Å². The van der Waals surface area contributed by atoms with Crippen LogP contribution in [-0.2, 0) is 16.2 Å². The van der Waals surface area contributed by atoms with E-state index in [0.717, 1.165) is 16.3 Å². The number of aryl methyl sites for hydroxylation is 1. The number of aromatic nitrogens is 1. The summed E-state index contributed by atoms with van der Waals surface area (Å²) < 4.78 is 5.89. The largest absolute Gasteiger partial charge is 0.487 e. The van der Waals surface area contributed by atoms with Gasteiger partial charge in [-0.1, -0.05) is 30.3 Å². The number of hydrogen-bond acceptors (Lipinski definition) is 5. The molecule has 1 N–H and O–H groups in total. The number of fused-ring (bicyclic) bond motifs is 1. The quantitative estimate of drug-likeness (QED) is 0.651. The van der Waals surface area contributed by atoms with E-state index in [9.17, 15) is 9.59 Å². The molecule has 0 radical (unpaired) electrons. The number of ether oxygens (including phenoxy) is 1. The van der Waals surface area contributed by atoms with Crippen LogP contribution in [0.25, 0.3) is 6.08 Å². The summed E-state index contributed by atoms with van der Waals surface area (Å²) >= 11 is 1.58. The van der Waals surface area contributed by atoms with Gasteiger partial charge in [-0.25, -0.2) is 4.98 Å². The number of nitrogens with one attached hydrogen (secondary N) is 1. The molecule has 2 heterocycles. The van der Waals surface area contributed by atoms with Gasteiger partial charge in [0.1, 0.15) is 18.9 Å². The molecule has 7 heteroatoms. The van der Waals surface area contributed by atoms with Crippen LogP contribution in [0.4, 0.5) is 11.4 Å². The van der Waals surface area contributed by atoms with Gasteiger partial charge in [0.05, 0.1) is 22.1 Å². The molecule has 0 atom stereocenters. The zero-order valence-corrected chi connectivity index (χ0v) is 16.6. The molecule has 2 aromatic carbocycles. The van der Waals surface area contributed by atoms with Crippen LogP contribution in [0.1, 0.15) is 16.3 Å². The third-order valence-corrected chi connectivity index (χ3v) is 5.23. The van der Waals surface area contributed by atoms with Crippen molar-refractivity contribution in [1.82, 2.24) is 4.98 Å². The maximum Gasteiger partial charge on any atom is 0.251 e. The molecule has 1 aromatic heterocycles. The van der Waals surface area contributed by atoms with Gasteiger partial charge in [-0.15, -0.1) is 11.3 Å². The van der Waals surface area contributed by atoms with Crippen molar-refractivity contribution >= 4 is 40.6 Å². The predicted molar refractivity (Wildman–Crippen MR) is 114 cm³/mol. The Balaban J connectivity index is 1.51. The van der Waals surface area contributed by atoms with Crippen LogP contribution in [0.5, 0.6) is 5.75 Å². The Morgan fingerprint density at radius 1 is 1.24 bits per heavy atom. The molecule has 0 saturated heterocycles. The highest BCUT2D eigenvalue weighted by atomic mass is 32.1. The third-order valence-electron chi connectivity index (χ3n) is 4.40. The number of hydrogen-bond donors (Lipinski definition) is 1. The fraction of sp³-hybridized carbons (Fsp3) is 0.136. The number of carbonyl (C=O) groups excluding carboxylic acids is 2. The van der Waals surface area contributed by atoms with Crippen molar-refractivity contribution < 1.29 is 14.3 Å². The van der Waals surface area contributed by atoms with E-state index in [-0.39, 0.29) is 18.4 Å². The predicted octanol–water partition coefficient (Wildman–Crippen LogP) is 4.03. The number of carbonyl (C=O) groups is 2. The van der Waals surface area contributed by atoms with E-state index in [0.29, 0.717) is 23.7 Å². The van der Waals surface area contributed by atoms with Gasteiger partial charge < -0.3 is 10.1 Å². The summed E-state index contributed by atoms with van der Waals surface area (Å²) in [6, 6.07) is 14.7. The Labute approximate surface area is 172 Å². The van der Waals surface area contributed by atoms with Crippen molar-refractivity contribution in [3.8, 4) is 5.75 Å². The number of rotatable bonds is 5. The average Bonchev–Trinajstić information content (AvgIpc) is 3.15. The fourth-order valence-corrected chi connectivity index (χ4v) is 3.65. The average molecular weight is 405 g/mol. The molecule has 146 valence electrons. The van der Waals surface area contributed by atoms with Crippen LogP contribution < -0.4 is 15.0 Å². The first kappa shape index (κ1) is 18.9. The second-order valence-electron chi connectivity index (χ2n) is 6.51. The first-order valence-corrected chi connectivity index (χ1v) is 9.99. The van der Waals surface area contributed by atoms with E-state index in [1.165, 1.54) is 11.0 Å². The Bertz CT molecular complexity index is 1090. The lowest BCUT2D eigenvalue weighted by molar-refractivity contribution is -0.119. The summed E-state index contributed by atoms with van der Waals surface area (Å²) in [4.78, 5) is 30.6.